The van der Waals surface area contributed by atoms with Crippen LogP contribution in [-0.4, -0.2) is 11.7 Å². The van der Waals surface area contributed by atoms with E-state index < -0.39 is 5.82 Å². The van der Waals surface area contributed by atoms with Gasteiger partial charge in [0.1, 0.15) is 6.61 Å². The first-order chi connectivity index (χ1) is 6.65. The summed E-state index contributed by atoms with van der Waals surface area (Å²) in [5.41, 5.74) is 0.392. The van der Waals surface area contributed by atoms with Crippen LogP contribution in [0.25, 0.3) is 0 Å². The van der Waals surface area contributed by atoms with Crippen molar-refractivity contribution in [3.05, 3.63) is 41.2 Å². The maximum absolute atomic E-state index is 13.2. The van der Waals surface area contributed by atoms with E-state index in [9.17, 15) is 4.39 Å². The summed E-state index contributed by atoms with van der Waals surface area (Å²) in [6, 6.07) is 4.34. The molecule has 0 amide bonds. The summed E-state index contributed by atoms with van der Waals surface area (Å²) in [4.78, 5) is 0. The molecule has 0 saturated heterocycles. The highest BCUT2D eigenvalue weighted by Gasteiger charge is 2.08. The third-order valence-electron chi connectivity index (χ3n) is 1.59. The molecule has 0 unspecified atom stereocenters. The number of hydrogen-bond donors (Lipinski definition) is 1. The Bertz CT molecular complexity index is 339. The average Bonchev–Trinajstić information content (AvgIpc) is 2.15. The van der Waals surface area contributed by atoms with Crippen LogP contribution in [0, 0.1) is 5.82 Å². The molecule has 1 aromatic carbocycles. The van der Waals surface area contributed by atoms with Crippen molar-refractivity contribution in [3.63, 3.8) is 0 Å². The van der Waals surface area contributed by atoms with Gasteiger partial charge in [0.2, 0.25) is 0 Å². The van der Waals surface area contributed by atoms with E-state index in [2.05, 4.69) is 6.58 Å². The normalized spacial score (nSPS) is 9.93. The standard InChI is InChI=1S/C10H10ClFO2/c1-7(11)6-14-10-8(5-13)3-2-4-9(10)12/h2-4,13H,1,5-6H2. The smallest absolute Gasteiger partial charge is 0.165 e. The molecule has 1 aromatic rings. The molecule has 0 heterocycles. The zero-order chi connectivity index (χ0) is 10.6. The van der Waals surface area contributed by atoms with E-state index in [0.717, 1.165) is 0 Å². The minimum Gasteiger partial charge on any atom is -0.485 e. The van der Waals surface area contributed by atoms with E-state index >= 15 is 0 Å². The Morgan fingerprint density at radius 1 is 1.57 bits per heavy atom. The fourth-order valence-corrected chi connectivity index (χ4v) is 1.04. The molecule has 0 aliphatic rings. The third kappa shape index (κ3) is 2.72. The highest BCUT2D eigenvalue weighted by molar-refractivity contribution is 6.29. The fourth-order valence-electron chi connectivity index (χ4n) is 0.990. The predicted molar refractivity (Wildman–Crippen MR) is 52.8 cm³/mol. The molecule has 0 aliphatic heterocycles. The highest BCUT2D eigenvalue weighted by Crippen LogP contribution is 2.23. The molecule has 2 nitrogen and oxygen atoms in total. The van der Waals surface area contributed by atoms with E-state index in [4.69, 9.17) is 21.4 Å². The molecule has 14 heavy (non-hydrogen) atoms. The molecule has 0 aromatic heterocycles. The summed E-state index contributed by atoms with van der Waals surface area (Å²) >= 11 is 5.47. The van der Waals surface area contributed by atoms with Crippen molar-refractivity contribution in [3.8, 4) is 5.75 Å². The average molecular weight is 217 g/mol. The Balaban J connectivity index is 2.87. The van der Waals surface area contributed by atoms with Crippen LogP contribution in [-0.2, 0) is 6.61 Å². The van der Waals surface area contributed by atoms with Crippen LogP contribution in [0.1, 0.15) is 5.56 Å². The minimum atomic E-state index is -0.519. The number of benzene rings is 1. The number of aliphatic hydroxyl groups excluding tert-OH is 1. The van der Waals surface area contributed by atoms with Crippen LogP contribution in [0.4, 0.5) is 4.39 Å². The molecule has 0 aliphatic carbocycles. The van der Waals surface area contributed by atoms with Crippen LogP contribution in [0.2, 0.25) is 0 Å². The van der Waals surface area contributed by atoms with E-state index in [1.165, 1.54) is 12.1 Å². The molecule has 0 radical (unpaired) electrons. The van der Waals surface area contributed by atoms with Gasteiger partial charge < -0.3 is 9.84 Å². The highest BCUT2D eigenvalue weighted by atomic mass is 35.5. The van der Waals surface area contributed by atoms with Crippen molar-refractivity contribution < 1.29 is 14.2 Å². The molecular formula is C10H10ClFO2. The number of hydrogen-bond acceptors (Lipinski definition) is 2. The first-order valence-electron chi connectivity index (χ1n) is 3.99. The SMILES string of the molecule is C=C(Cl)COc1c(F)cccc1CO. The van der Waals surface area contributed by atoms with E-state index in [-0.39, 0.29) is 24.0 Å². The monoisotopic (exact) mass is 216 g/mol. The Hall–Kier alpha value is -1.06. The minimum absolute atomic E-state index is 0.0233. The molecule has 0 spiro atoms. The topological polar surface area (TPSA) is 29.5 Å². The van der Waals surface area contributed by atoms with Crippen LogP contribution in [0.15, 0.2) is 29.8 Å². The van der Waals surface area contributed by atoms with Gasteiger partial charge in [-0.2, -0.15) is 0 Å². The van der Waals surface area contributed by atoms with Crippen LogP contribution >= 0.6 is 11.6 Å². The van der Waals surface area contributed by atoms with Gasteiger partial charge >= 0.3 is 0 Å². The van der Waals surface area contributed by atoms with Crippen LogP contribution in [0.3, 0.4) is 0 Å². The Kier molecular flexibility index (Phi) is 3.92. The zero-order valence-electron chi connectivity index (χ0n) is 7.46. The lowest BCUT2D eigenvalue weighted by atomic mass is 10.2. The molecule has 1 rings (SSSR count). The van der Waals surface area contributed by atoms with E-state index in [0.29, 0.717) is 5.56 Å². The summed E-state index contributed by atoms with van der Waals surface area (Å²) in [7, 11) is 0. The number of ether oxygens (including phenoxy) is 1. The molecule has 4 heteroatoms. The van der Waals surface area contributed by atoms with Gasteiger partial charge in [0.25, 0.3) is 0 Å². The number of aliphatic hydroxyl groups is 1. The quantitative estimate of drug-likeness (QED) is 0.838. The van der Waals surface area contributed by atoms with Crippen molar-refractivity contribution in [2.45, 2.75) is 6.61 Å². The van der Waals surface area contributed by atoms with Gasteiger partial charge in [-0.15, -0.1) is 0 Å². The van der Waals surface area contributed by atoms with Crippen molar-refractivity contribution >= 4 is 11.6 Å². The van der Waals surface area contributed by atoms with E-state index in [1.807, 2.05) is 0 Å². The largest absolute Gasteiger partial charge is 0.485 e. The summed E-state index contributed by atoms with van der Waals surface area (Å²) in [5, 5.41) is 9.18. The Labute approximate surface area is 86.6 Å². The van der Waals surface area contributed by atoms with Gasteiger partial charge in [-0.25, -0.2) is 4.39 Å². The Morgan fingerprint density at radius 2 is 2.29 bits per heavy atom. The second kappa shape index (κ2) is 4.98. The lowest BCUT2D eigenvalue weighted by Gasteiger charge is -2.09. The number of rotatable bonds is 4. The molecule has 0 saturated carbocycles. The summed E-state index contributed by atoms with van der Waals surface area (Å²) in [6.07, 6.45) is 0. The van der Waals surface area contributed by atoms with Gasteiger partial charge in [0, 0.05) is 10.6 Å². The third-order valence-corrected chi connectivity index (χ3v) is 1.70. The maximum atomic E-state index is 13.2. The number of para-hydroxylation sites is 1. The summed E-state index contributed by atoms with van der Waals surface area (Å²) < 4.78 is 18.2. The molecule has 0 bridgehead atoms. The predicted octanol–water partition coefficient (Wildman–Crippen LogP) is 2.45. The molecule has 0 fully saturated rings. The van der Waals surface area contributed by atoms with Gasteiger partial charge in [-0.05, 0) is 6.07 Å². The van der Waals surface area contributed by atoms with Crippen molar-refractivity contribution in [1.82, 2.24) is 0 Å². The van der Waals surface area contributed by atoms with Gasteiger partial charge in [-0.1, -0.05) is 30.3 Å². The molecule has 1 N–H and O–H groups in total. The molecule has 76 valence electrons. The van der Waals surface area contributed by atoms with Gasteiger partial charge in [0.15, 0.2) is 11.6 Å². The lowest BCUT2D eigenvalue weighted by Crippen LogP contribution is -2.02. The van der Waals surface area contributed by atoms with Gasteiger partial charge in [-0.3, -0.25) is 0 Å². The fraction of sp³-hybridized carbons (Fsp3) is 0.200. The van der Waals surface area contributed by atoms with Crippen LogP contribution < -0.4 is 4.74 Å². The zero-order valence-corrected chi connectivity index (χ0v) is 8.22. The van der Waals surface area contributed by atoms with Crippen molar-refractivity contribution in [2.24, 2.45) is 0 Å². The first kappa shape index (κ1) is 11.0. The maximum Gasteiger partial charge on any atom is 0.165 e. The molecule has 0 atom stereocenters. The van der Waals surface area contributed by atoms with Crippen molar-refractivity contribution in [2.75, 3.05) is 6.61 Å². The Morgan fingerprint density at radius 3 is 2.86 bits per heavy atom. The van der Waals surface area contributed by atoms with Crippen LogP contribution in [0.5, 0.6) is 5.75 Å². The second-order valence-corrected chi connectivity index (χ2v) is 3.23. The van der Waals surface area contributed by atoms with E-state index in [1.54, 1.807) is 6.07 Å². The molecular weight excluding hydrogens is 207 g/mol. The first-order valence-corrected chi connectivity index (χ1v) is 4.37. The second-order valence-electron chi connectivity index (χ2n) is 2.69. The van der Waals surface area contributed by atoms with Crippen molar-refractivity contribution in [1.29, 1.82) is 0 Å². The number of halogens is 2. The lowest BCUT2D eigenvalue weighted by molar-refractivity contribution is 0.265. The van der Waals surface area contributed by atoms with Gasteiger partial charge in [0.05, 0.1) is 6.61 Å². The summed E-state index contributed by atoms with van der Waals surface area (Å²) in [5.74, 6) is -0.494. The summed E-state index contributed by atoms with van der Waals surface area (Å²) in [6.45, 7) is 3.16.